The van der Waals surface area contributed by atoms with Crippen molar-refractivity contribution >= 4 is 17.7 Å². The molecule has 0 fully saturated rings. The van der Waals surface area contributed by atoms with Gasteiger partial charge in [-0.3, -0.25) is 0 Å². The minimum atomic E-state index is -1.05. The fourth-order valence-electron chi connectivity index (χ4n) is 1.66. The molecule has 0 aliphatic carbocycles. The highest BCUT2D eigenvalue weighted by Gasteiger charge is 2.10. The maximum atomic E-state index is 11.9. The monoisotopic (exact) mass is 280 g/mol. The van der Waals surface area contributed by atoms with Gasteiger partial charge in [-0.1, -0.05) is 19.9 Å². The van der Waals surface area contributed by atoms with Crippen molar-refractivity contribution in [3.63, 3.8) is 0 Å². The van der Waals surface area contributed by atoms with E-state index in [2.05, 4.69) is 5.32 Å². The molecule has 1 aromatic rings. The fraction of sp³-hybridized carbons (Fsp3) is 0.429. The summed E-state index contributed by atoms with van der Waals surface area (Å²) in [4.78, 5) is 23.9. The van der Waals surface area contributed by atoms with Gasteiger partial charge in [-0.15, -0.1) is 0 Å². The van der Waals surface area contributed by atoms with E-state index in [0.717, 1.165) is 0 Å². The van der Waals surface area contributed by atoms with Crippen LogP contribution >= 0.6 is 0 Å². The Morgan fingerprint density at radius 1 is 1.40 bits per heavy atom. The number of rotatable bonds is 6. The highest BCUT2D eigenvalue weighted by atomic mass is 16.5. The van der Waals surface area contributed by atoms with E-state index in [1.165, 1.54) is 0 Å². The van der Waals surface area contributed by atoms with Crippen LogP contribution in [0.1, 0.15) is 13.8 Å². The van der Waals surface area contributed by atoms with E-state index in [0.29, 0.717) is 23.9 Å². The molecular formula is C14H20N2O4. The van der Waals surface area contributed by atoms with Gasteiger partial charge in [-0.2, -0.15) is 0 Å². The molecule has 0 radical (unpaired) electrons. The molecule has 110 valence electrons. The Morgan fingerprint density at radius 2 is 2.10 bits per heavy atom. The highest BCUT2D eigenvalue weighted by Crippen LogP contribution is 2.17. The summed E-state index contributed by atoms with van der Waals surface area (Å²) in [5.41, 5.74) is 0.563. The molecule has 1 aromatic carbocycles. The molecule has 20 heavy (non-hydrogen) atoms. The Labute approximate surface area is 118 Å². The number of carboxylic acids is 1. The maximum absolute atomic E-state index is 11.9. The number of nitrogens with one attached hydrogen (secondary N) is 1. The van der Waals surface area contributed by atoms with E-state index >= 15 is 0 Å². The van der Waals surface area contributed by atoms with Crippen LogP contribution in [-0.2, 0) is 4.79 Å². The van der Waals surface area contributed by atoms with Gasteiger partial charge >= 0.3 is 12.0 Å². The lowest BCUT2D eigenvalue weighted by Crippen LogP contribution is -2.34. The van der Waals surface area contributed by atoms with Crippen molar-refractivity contribution in [1.29, 1.82) is 0 Å². The first-order valence-electron chi connectivity index (χ1n) is 6.35. The standard InChI is InChI=1S/C14H20N2O4/c1-10(2)8-16(3)14(19)15-11-5-4-6-12(7-11)20-9-13(17)18/h4-7,10H,8-9H2,1-3H3,(H,15,19)(H,17,18). The molecular weight excluding hydrogens is 260 g/mol. The quantitative estimate of drug-likeness (QED) is 0.837. The Bertz CT molecular complexity index is 474. The van der Waals surface area contributed by atoms with Crippen LogP contribution in [-0.4, -0.2) is 42.2 Å². The summed E-state index contributed by atoms with van der Waals surface area (Å²) in [5, 5.41) is 11.3. The molecule has 0 saturated heterocycles. The van der Waals surface area contributed by atoms with E-state index in [1.54, 1.807) is 36.2 Å². The second-order valence-electron chi connectivity index (χ2n) is 4.91. The van der Waals surface area contributed by atoms with E-state index in [9.17, 15) is 9.59 Å². The Morgan fingerprint density at radius 3 is 2.70 bits per heavy atom. The van der Waals surface area contributed by atoms with E-state index in [-0.39, 0.29) is 6.03 Å². The zero-order chi connectivity index (χ0) is 15.1. The highest BCUT2D eigenvalue weighted by molar-refractivity contribution is 5.89. The number of nitrogens with zero attached hydrogens (tertiary/aromatic N) is 1. The Hall–Kier alpha value is -2.24. The summed E-state index contributed by atoms with van der Waals surface area (Å²) in [7, 11) is 1.72. The topological polar surface area (TPSA) is 78.9 Å². The third kappa shape index (κ3) is 5.60. The molecule has 1 rings (SSSR count). The molecule has 0 aliphatic heterocycles. The van der Waals surface area contributed by atoms with Crippen LogP contribution in [0.25, 0.3) is 0 Å². The van der Waals surface area contributed by atoms with Crippen molar-refractivity contribution in [1.82, 2.24) is 4.90 Å². The molecule has 0 saturated carbocycles. The third-order valence-electron chi connectivity index (χ3n) is 2.43. The van der Waals surface area contributed by atoms with Gasteiger partial charge in [-0.05, 0) is 18.1 Å². The van der Waals surface area contributed by atoms with Crippen LogP contribution in [0.2, 0.25) is 0 Å². The summed E-state index contributed by atoms with van der Waals surface area (Å²) >= 11 is 0. The van der Waals surface area contributed by atoms with Crippen molar-refractivity contribution < 1.29 is 19.4 Å². The molecule has 0 bridgehead atoms. The fourth-order valence-corrected chi connectivity index (χ4v) is 1.66. The molecule has 6 heteroatoms. The third-order valence-corrected chi connectivity index (χ3v) is 2.43. The molecule has 0 aliphatic rings. The summed E-state index contributed by atoms with van der Waals surface area (Å²) in [6, 6.07) is 6.42. The van der Waals surface area contributed by atoms with Gasteiger partial charge in [0, 0.05) is 25.3 Å². The normalized spacial score (nSPS) is 10.2. The van der Waals surface area contributed by atoms with Gasteiger partial charge in [0.25, 0.3) is 0 Å². The number of carbonyl (C=O) groups is 2. The zero-order valence-electron chi connectivity index (χ0n) is 11.9. The first-order chi connectivity index (χ1) is 9.38. The van der Waals surface area contributed by atoms with Crippen molar-refractivity contribution in [3.8, 4) is 5.75 Å². The van der Waals surface area contributed by atoms with E-state index in [4.69, 9.17) is 9.84 Å². The average Bonchev–Trinajstić information content (AvgIpc) is 2.36. The number of anilines is 1. The van der Waals surface area contributed by atoms with Gasteiger partial charge < -0.3 is 20.1 Å². The molecule has 0 spiro atoms. The molecule has 0 unspecified atom stereocenters. The molecule has 2 amide bonds. The number of urea groups is 1. The van der Waals surface area contributed by atoms with E-state index < -0.39 is 12.6 Å². The second-order valence-corrected chi connectivity index (χ2v) is 4.91. The van der Waals surface area contributed by atoms with Gasteiger partial charge in [0.15, 0.2) is 6.61 Å². The number of amides is 2. The van der Waals surface area contributed by atoms with Crippen molar-refractivity contribution in [3.05, 3.63) is 24.3 Å². The van der Waals surface area contributed by atoms with Gasteiger partial charge in [0.1, 0.15) is 5.75 Å². The number of carboxylic acid groups (broad SMARTS) is 1. The van der Waals surface area contributed by atoms with Crippen LogP contribution in [0.5, 0.6) is 5.75 Å². The number of hydrogen-bond acceptors (Lipinski definition) is 3. The maximum Gasteiger partial charge on any atom is 0.341 e. The van der Waals surface area contributed by atoms with Crippen LogP contribution < -0.4 is 10.1 Å². The summed E-state index contributed by atoms with van der Waals surface area (Å²) < 4.78 is 5.05. The minimum absolute atomic E-state index is 0.214. The lowest BCUT2D eigenvalue weighted by Gasteiger charge is -2.20. The Kier molecular flexibility index (Phi) is 5.83. The number of benzene rings is 1. The van der Waals surface area contributed by atoms with Crippen LogP contribution in [0.15, 0.2) is 24.3 Å². The first kappa shape index (κ1) is 15.8. The van der Waals surface area contributed by atoms with Crippen molar-refractivity contribution in [2.45, 2.75) is 13.8 Å². The van der Waals surface area contributed by atoms with Crippen LogP contribution in [0, 0.1) is 5.92 Å². The van der Waals surface area contributed by atoms with E-state index in [1.807, 2.05) is 13.8 Å². The van der Waals surface area contributed by atoms with Crippen LogP contribution in [0.4, 0.5) is 10.5 Å². The minimum Gasteiger partial charge on any atom is -0.482 e. The predicted molar refractivity (Wildman–Crippen MR) is 76.1 cm³/mol. The van der Waals surface area contributed by atoms with Crippen molar-refractivity contribution in [2.75, 3.05) is 25.5 Å². The molecule has 0 aromatic heterocycles. The predicted octanol–water partition coefficient (Wildman–Crippen LogP) is 2.27. The van der Waals surface area contributed by atoms with Gasteiger partial charge in [-0.25, -0.2) is 9.59 Å². The largest absolute Gasteiger partial charge is 0.482 e. The molecule has 0 atom stereocenters. The molecule has 6 nitrogen and oxygen atoms in total. The lowest BCUT2D eigenvalue weighted by molar-refractivity contribution is -0.139. The Balaban J connectivity index is 2.61. The van der Waals surface area contributed by atoms with Gasteiger partial charge in [0.2, 0.25) is 0 Å². The SMILES string of the molecule is CC(C)CN(C)C(=O)Nc1cccc(OCC(=O)O)c1. The number of aliphatic carboxylic acids is 1. The molecule has 2 N–H and O–H groups in total. The summed E-state index contributed by atoms with van der Waals surface area (Å²) in [5.74, 6) is -0.260. The number of ether oxygens (including phenoxy) is 1. The second kappa shape index (κ2) is 7.37. The van der Waals surface area contributed by atoms with Crippen molar-refractivity contribution in [2.24, 2.45) is 5.92 Å². The average molecular weight is 280 g/mol. The number of hydrogen-bond donors (Lipinski definition) is 2. The first-order valence-corrected chi connectivity index (χ1v) is 6.35. The molecule has 0 heterocycles. The zero-order valence-corrected chi connectivity index (χ0v) is 11.9. The summed E-state index contributed by atoms with van der Waals surface area (Å²) in [6.07, 6.45) is 0. The summed E-state index contributed by atoms with van der Waals surface area (Å²) in [6.45, 7) is 4.31. The van der Waals surface area contributed by atoms with Crippen LogP contribution in [0.3, 0.4) is 0 Å². The van der Waals surface area contributed by atoms with Gasteiger partial charge in [0.05, 0.1) is 0 Å². The number of carbonyl (C=O) groups excluding carboxylic acids is 1. The lowest BCUT2D eigenvalue weighted by atomic mass is 10.2. The smallest absolute Gasteiger partial charge is 0.341 e.